The zero-order valence-electron chi connectivity index (χ0n) is 34.8. The molecular formula is C58H52N2O. The van der Waals surface area contributed by atoms with E-state index in [0.717, 1.165) is 36.3 Å². The van der Waals surface area contributed by atoms with Crippen molar-refractivity contribution in [2.24, 2.45) is 10.9 Å². The molecule has 6 aromatic carbocycles. The number of rotatable bonds is 11. The number of hydrogen-bond acceptors (Lipinski definition) is 3. The van der Waals surface area contributed by atoms with Crippen molar-refractivity contribution in [3.05, 3.63) is 245 Å². The second kappa shape index (κ2) is 17.6. The quantitative estimate of drug-likeness (QED) is 0.133. The van der Waals surface area contributed by atoms with Crippen molar-refractivity contribution in [2.45, 2.75) is 62.8 Å². The van der Waals surface area contributed by atoms with Crippen molar-refractivity contribution in [2.75, 3.05) is 0 Å². The Balaban J connectivity index is 0.991. The zero-order valence-corrected chi connectivity index (χ0v) is 34.8. The van der Waals surface area contributed by atoms with Crippen molar-refractivity contribution in [1.29, 1.82) is 0 Å². The molecule has 0 saturated carbocycles. The Hall–Kier alpha value is -6.55. The minimum Gasteiger partial charge on any atom is -0.494 e. The molecule has 3 heteroatoms. The molecule has 0 aromatic heterocycles. The Morgan fingerprint density at radius 3 is 2.18 bits per heavy atom. The average Bonchev–Trinajstić information content (AvgIpc) is 3.71. The molecule has 0 amide bonds. The van der Waals surface area contributed by atoms with Gasteiger partial charge in [0.1, 0.15) is 18.0 Å². The molecule has 6 atom stereocenters. The minimum atomic E-state index is -0.204. The first kappa shape index (κ1) is 38.6. The van der Waals surface area contributed by atoms with Crippen LogP contribution in [0.25, 0.3) is 27.8 Å². The lowest BCUT2D eigenvalue weighted by Gasteiger charge is -2.38. The molecule has 300 valence electrons. The van der Waals surface area contributed by atoms with Crippen LogP contribution in [0.4, 0.5) is 0 Å². The minimum absolute atomic E-state index is 0.0556. The third-order valence-corrected chi connectivity index (χ3v) is 13.1. The van der Waals surface area contributed by atoms with Crippen LogP contribution < -0.4 is 5.32 Å². The van der Waals surface area contributed by atoms with Crippen LogP contribution in [0.1, 0.15) is 77.3 Å². The van der Waals surface area contributed by atoms with Gasteiger partial charge in [0, 0.05) is 35.8 Å². The van der Waals surface area contributed by atoms with Crippen LogP contribution in [-0.4, -0.2) is 18.0 Å². The summed E-state index contributed by atoms with van der Waals surface area (Å²) < 4.78 is 7.05. The highest BCUT2D eigenvalue weighted by atomic mass is 16.5. The second-order valence-corrected chi connectivity index (χ2v) is 16.9. The maximum Gasteiger partial charge on any atom is 0.107 e. The third-order valence-electron chi connectivity index (χ3n) is 13.1. The van der Waals surface area contributed by atoms with Crippen molar-refractivity contribution in [1.82, 2.24) is 5.32 Å². The van der Waals surface area contributed by atoms with Gasteiger partial charge in [-0.25, -0.2) is 0 Å². The van der Waals surface area contributed by atoms with Gasteiger partial charge in [0.05, 0.1) is 5.71 Å². The van der Waals surface area contributed by atoms with Crippen molar-refractivity contribution >= 4 is 11.3 Å². The molecule has 3 nitrogen and oxygen atoms in total. The first-order valence-electron chi connectivity index (χ1n) is 22.0. The van der Waals surface area contributed by atoms with Crippen LogP contribution in [0.2, 0.25) is 0 Å². The molecule has 61 heavy (non-hydrogen) atoms. The molecule has 6 aromatic rings. The van der Waals surface area contributed by atoms with Crippen LogP contribution in [0.3, 0.4) is 0 Å². The Morgan fingerprint density at radius 1 is 0.705 bits per heavy atom. The number of hydrogen-bond donors (Lipinski definition) is 1. The van der Waals surface area contributed by atoms with Gasteiger partial charge in [-0.3, -0.25) is 10.3 Å². The lowest BCUT2D eigenvalue weighted by molar-refractivity contribution is 0.119. The first-order chi connectivity index (χ1) is 30.2. The normalized spacial score (nSPS) is 22.1. The zero-order chi connectivity index (χ0) is 41.0. The van der Waals surface area contributed by atoms with Gasteiger partial charge in [-0.15, -0.1) is 0 Å². The topological polar surface area (TPSA) is 33.6 Å². The van der Waals surface area contributed by atoms with E-state index in [1.54, 1.807) is 0 Å². The predicted octanol–water partition coefficient (Wildman–Crippen LogP) is 13.8. The molecule has 6 unspecified atom stereocenters. The van der Waals surface area contributed by atoms with Crippen LogP contribution in [0, 0.1) is 5.92 Å². The van der Waals surface area contributed by atoms with Crippen molar-refractivity contribution < 1.29 is 4.74 Å². The largest absolute Gasteiger partial charge is 0.494 e. The molecule has 0 radical (unpaired) electrons. The average molecular weight is 793 g/mol. The third kappa shape index (κ3) is 8.19. The molecule has 3 aliphatic carbocycles. The number of fused-ring (bicyclic) bond motifs is 5. The molecule has 0 bridgehead atoms. The number of aliphatic imine (C=N–C) groups is 1. The summed E-state index contributed by atoms with van der Waals surface area (Å²) in [7, 11) is 0. The summed E-state index contributed by atoms with van der Waals surface area (Å²) in [5, 5.41) is 4.03. The summed E-state index contributed by atoms with van der Waals surface area (Å²) in [6, 6.07) is 57.4. The van der Waals surface area contributed by atoms with Gasteiger partial charge in [-0.2, -0.15) is 0 Å². The summed E-state index contributed by atoms with van der Waals surface area (Å²) in [5.74, 6) is 2.15. The monoisotopic (exact) mass is 792 g/mol. The van der Waals surface area contributed by atoms with E-state index >= 15 is 0 Å². The Bertz CT molecular complexity index is 2700. The standard InChI is InChI=1S/C58H52N2O/c1-2-17-54(49-29-16-27-46(36-49)43-23-10-5-11-24-43)60-58(59-39-40-18-14-25-44(34-40)41-19-6-3-7-20-41)52-38-56-57(51-31-13-12-30-50(51)52)53-37-48(32-33-55(53)61-56)47-28-15-26-45(35-47)42-21-8-4-9-22-42/h2-23,25-36,43,52-53,56-59H,24,37-39H2,1H3/b17-2+,60-54+. The summed E-state index contributed by atoms with van der Waals surface area (Å²) in [5.41, 5.74) is 15.1. The maximum atomic E-state index is 7.05. The molecule has 10 rings (SSSR count). The highest BCUT2D eigenvalue weighted by Crippen LogP contribution is 2.55. The van der Waals surface area contributed by atoms with Gasteiger partial charge >= 0.3 is 0 Å². The lowest BCUT2D eigenvalue weighted by atomic mass is 9.68. The Kier molecular flexibility index (Phi) is 11.1. The van der Waals surface area contributed by atoms with Crippen LogP contribution in [-0.2, 0) is 11.3 Å². The summed E-state index contributed by atoms with van der Waals surface area (Å²) in [6.45, 7) is 2.78. The van der Waals surface area contributed by atoms with Crippen LogP contribution in [0.5, 0.6) is 0 Å². The van der Waals surface area contributed by atoms with E-state index in [1.165, 1.54) is 55.6 Å². The first-order valence-corrected chi connectivity index (χ1v) is 22.0. The summed E-state index contributed by atoms with van der Waals surface area (Å²) >= 11 is 0. The van der Waals surface area contributed by atoms with Crippen molar-refractivity contribution in [3.63, 3.8) is 0 Å². The smallest absolute Gasteiger partial charge is 0.107 e. The summed E-state index contributed by atoms with van der Waals surface area (Å²) in [6.07, 6.45) is 20.4. The number of nitrogens with zero attached hydrogens (tertiary/aromatic N) is 1. The van der Waals surface area contributed by atoms with E-state index in [1.807, 2.05) is 0 Å². The Labute approximate surface area is 361 Å². The van der Waals surface area contributed by atoms with Gasteiger partial charge in [0.2, 0.25) is 0 Å². The van der Waals surface area contributed by atoms with Gasteiger partial charge in [-0.05, 0) is 112 Å². The number of benzene rings is 6. The summed E-state index contributed by atoms with van der Waals surface area (Å²) in [4.78, 5) is 5.74. The SMILES string of the molecule is C/C=C/C(=N\C(NCc1cccc(-c2ccccc2)c1)C1CC2OC3=CC=C(c4cccc(-c5ccccc5)c4)CC3C2c2ccccc21)c1cccc(C2C=CC=CC2)c1. The van der Waals surface area contributed by atoms with E-state index in [-0.39, 0.29) is 30.0 Å². The van der Waals surface area contributed by atoms with E-state index in [2.05, 4.69) is 219 Å². The fourth-order valence-corrected chi connectivity index (χ4v) is 10.1. The molecule has 1 fully saturated rings. The highest BCUT2D eigenvalue weighted by molar-refractivity contribution is 6.09. The molecule has 1 heterocycles. The highest BCUT2D eigenvalue weighted by Gasteiger charge is 2.49. The molecular weight excluding hydrogens is 741 g/mol. The molecule has 1 N–H and O–H groups in total. The number of nitrogens with one attached hydrogen (secondary N) is 1. The predicted molar refractivity (Wildman–Crippen MR) is 253 cm³/mol. The van der Waals surface area contributed by atoms with Crippen LogP contribution >= 0.6 is 0 Å². The van der Waals surface area contributed by atoms with Gasteiger partial charge in [-0.1, -0.05) is 176 Å². The van der Waals surface area contributed by atoms with E-state index in [0.29, 0.717) is 12.5 Å². The number of ether oxygens (including phenoxy) is 1. The lowest BCUT2D eigenvalue weighted by Crippen LogP contribution is -2.39. The van der Waals surface area contributed by atoms with Crippen molar-refractivity contribution in [3.8, 4) is 22.3 Å². The van der Waals surface area contributed by atoms with E-state index in [4.69, 9.17) is 9.73 Å². The Morgan fingerprint density at radius 2 is 1.41 bits per heavy atom. The molecule has 1 saturated heterocycles. The van der Waals surface area contributed by atoms with Gasteiger partial charge in [0.25, 0.3) is 0 Å². The van der Waals surface area contributed by atoms with Crippen LogP contribution in [0.15, 0.2) is 217 Å². The fraction of sp³-hybridized carbons (Fsp3) is 0.190. The van der Waals surface area contributed by atoms with E-state index in [9.17, 15) is 0 Å². The molecule has 0 spiro atoms. The fourth-order valence-electron chi connectivity index (χ4n) is 10.1. The van der Waals surface area contributed by atoms with Gasteiger partial charge in [0.15, 0.2) is 0 Å². The molecule has 1 aliphatic heterocycles. The van der Waals surface area contributed by atoms with Gasteiger partial charge < -0.3 is 4.74 Å². The van der Waals surface area contributed by atoms with E-state index < -0.39 is 0 Å². The maximum absolute atomic E-state index is 7.05. The second-order valence-electron chi connectivity index (χ2n) is 16.9. The molecule has 4 aliphatic rings. The number of allylic oxidation sites excluding steroid dienone is 10.